The quantitative estimate of drug-likeness (QED) is 0.846. The largest absolute Gasteiger partial charge is 0.417 e. The average Bonchev–Trinajstić information content (AvgIpc) is 2.54. The lowest BCUT2D eigenvalue weighted by Gasteiger charge is -2.11. The zero-order valence-electron chi connectivity index (χ0n) is 12.6. The van der Waals surface area contributed by atoms with Gasteiger partial charge in [-0.25, -0.2) is 9.97 Å². The number of nitrogens with one attached hydrogen (secondary N) is 2. The van der Waals surface area contributed by atoms with Crippen LogP contribution in [0.3, 0.4) is 0 Å². The third-order valence-corrected chi connectivity index (χ3v) is 3.31. The van der Waals surface area contributed by atoms with Crippen LogP contribution in [0.25, 0.3) is 0 Å². The van der Waals surface area contributed by atoms with E-state index in [4.69, 9.17) is 11.6 Å². The summed E-state index contributed by atoms with van der Waals surface area (Å²) in [6.07, 6.45) is -1.18. The molecule has 0 saturated heterocycles. The molecule has 0 bridgehead atoms. The van der Waals surface area contributed by atoms with E-state index in [2.05, 4.69) is 20.6 Å². The molecule has 0 saturated carbocycles. The minimum Gasteiger partial charge on any atom is -0.352 e. The normalized spacial score (nSPS) is 11.2. The van der Waals surface area contributed by atoms with E-state index in [0.29, 0.717) is 6.54 Å². The van der Waals surface area contributed by atoms with Crippen molar-refractivity contribution in [3.63, 3.8) is 0 Å². The van der Waals surface area contributed by atoms with Crippen LogP contribution >= 0.6 is 11.6 Å². The number of carbonyl (C=O) groups is 1. The van der Waals surface area contributed by atoms with E-state index in [-0.39, 0.29) is 23.1 Å². The number of nitrogens with zero attached hydrogens (tertiary/aromatic N) is 2. The minimum atomic E-state index is -4.56. The summed E-state index contributed by atoms with van der Waals surface area (Å²) in [5.74, 6) is -0.244. The molecule has 0 aliphatic carbocycles. The Morgan fingerprint density at radius 3 is 2.50 bits per heavy atom. The van der Waals surface area contributed by atoms with Crippen LogP contribution < -0.4 is 10.6 Å². The van der Waals surface area contributed by atoms with Crippen LogP contribution in [0.1, 0.15) is 29.3 Å². The number of halogens is 4. The molecule has 1 heterocycles. The number of anilines is 2. The lowest BCUT2D eigenvalue weighted by atomic mass is 10.2. The molecule has 0 fully saturated rings. The maximum atomic E-state index is 12.8. The van der Waals surface area contributed by atoms with E-state index in [1.54, 1.807) is 0 Å². The third kappa shape index (κ3) is 4.58. The van der Waals surface area contributed by atoms with E-state index in [1.807, 2.05) is 6.92 Å². The smallest absolute Gasteiger partial charge is 0.352 e. The van der Waals surface area contributed by atoms with Gasteiger partial charge in [-0.3, -0.25) is 4.79 Å². The van der Waals surface area contributed by atoms with E-state index < -0.39 is 16.8 Å². The Labute approximate surface area is 141 Å². The lowest BCUT2D eigenvalue weighted by Crippen LogP contribution is -2.24. The van der Waals surface area contributed by atoms with Gasteiger partial charge in [0.15, 0.2) is 0 Å². The monoisotopic (exact) mass is 358 g/mol. The van der Waals surface area contributed by atoms with Crippen molar-refractivity contribution in [3.8, 4) is 0 Å². The van der Waals surface area contributed by atoms with Crippen LogP contribution in [-0.2, 0) is 6.18 Å². The molecule has 9 heteroatoms. The first kappa shape index (κ1) is 18.0. The fraction of sp³-hybridized carbons (Fsp3) is 0.267. The highest BCUT2D eigenvalue weighted by atomic mass is 35.5. The van der Waals surface area contributed by atoms with Gasteiger partial charge in [0.05, 0.1) is 16.1 Å². The van der Waals surface area contributed by atoms with Crippen molar-refractivity contribution >= 4 is 29.1 Å². The van der Waals surface area contributed by atoms with Crippen molar-refractivity contribution < 1.29 is 18.0 Å². The molecule has 1 aromatic heterocycles. The Hall–Kier alpha value is -2.35. The summed E-state index contributed by atoms with van der Waals surface area (Å²) in [6, 6.07) is 3.38. The fourth-order valence-corrected chi connectivity index (χ4v) is 2.02. The first-order chi connectivity index (χ1) is 11.3. The van der Waals surface area contributed by atoms with Crippen molar-refractivity contribution in [1.29, 1.82) is 0 Å². The van der Waals surface area contributed by atoms with Gasteiger partial charge in [0.25, 0.3) is 5.91 Å². The Kier molecular flexibility index (Phi) is 5.61. The number of benzene rings is 1. The van der Waals surface area contributed by atoms with E-state index >= 15 is 0 Å². The van der Waals surface area contributed by atoms with Gasteiger partial charge in [-0.1, -0.05) is 18.5 Å². The molecule has 1 aromatic carbocycles. The Morgan fingerprint density at radius 2 is 1.92 bits per heavy atom. The molecule has 0 aliphatic rings. The highest BCUT2D eigenvalue weighted by Crippen LogP contribution is 2.36. The summed E-state index contributed by atoms with van der Waals surface area (Å²) in [7, 11) is 0. The molecular weight excluding hydrogens is 345 g/mol. The molecule has 2 rings (SSSR count). The highest BCUT2D eigenvalue weighted by Gasteiger charge is 2.33. The number of amides is 1. The van der Waals surface area contributed by atoms with Crippen molar-refractivity contribution in [2.24, 2.45) is 0 Å². The molecule has 0 spiro atoms. The second-order valence-corrected chi connectivity index (χ2v) is 5.28. The number of carbonyl (C=O) groups excluding carboxylic acids is 1. The predicted molar refractivity (Wildman–Crippen MR) is 84.4 cm³/mol. The fourth-order valence-electron chi connectivity index (χ4n) is 1.80. The van der Waals surface area contributed by atoms with Crippen LogP contribution in [-0.4, -0.2) is 22.4 Å². The topological polar surface area (TPSA) is 66.9 Å². The van der Waals surface area contributed by atoms with Crippen molar-refractivity contribution in [2.45, 2.75) is 19.5 Å². The number of hydrogen-bond acceptors (Lipinski definition) is 4. The second-order valence-electron chi connectivity index (χ2n) is 4.87. The molecule has 2 aromatic rings. The summed E-state index contributed by atoms with van der Waals surface area (Å²) in [6.45, 7) is 2.45. The first-order valence-electron chi connectivity index (χ1n) is 7.05. The third-order valence-electron chi connectivity index (χ3n) is 2.98. The predicted octanol–water partition coefficient (Wildman–Crippen LogP) is 4.03. The van der Waals surface area contributed by atoms with Gasteiger partial charge < -0.3 is 10.6 Å². The summed E-state index contributed by atoms with van der Waals surface area (Å²) in [4.78, 5) is 19.6. The van der Waals surface area contributed by atoms with Crippen LogP contribution in [0.15, 0.2) is 30.6 Å². The molecule has 0 radical (unpaired) electrons. The molecule has 5 nitrogen and oxygen atoms in total. The SMILES string of the molecule is CCCNC(=O)c1cnc(Nc2ccc(Cl)c(C(F)(F)F)c2)nc1. The Morgan fingerprint density at radius 1 is 1.25 bits per heavy atom. The average molecular weight is 359 g/mol. The summed E-state index contributed by atoms with van der Waals surface area (Å²) in [5.41, 5.74) is -0.555. The zero-order chi connectivity index (χ0) is 17.7. The molecule has 128 valence electrons. The first-order valence-corrected chi connectivity index (χ1v) is 7.43. The van der Waals surface area contributed by atoms with Crippen molar-refractivity contribution in [1.82, 2.24) is 15.3 Å². The van der Waals surface area contributed by atoms with E-state index in [9.17, 15) is 18.0 Å². The Balaban J connectivity index is 2.13. The number of hydrogen-bond donors (Lipinski definition) is 2. The van der Waals surface area contributed by atoms with Gasteiger partial charge in [0.2, 0.25) is 5.95 Å². The number of rotatable bonds is 5. The maximum Gasteiger partial charge on any atom is 0.417 e. The van der Waals surface area contributed by atoms with Crippen LogP contribution in [0.4, 0.5) is 24.8 Å². The maximum absolute atomic E-state index is 12.8. The van der Waals surface area contributed by atoms with Gasteiger partial charge >= 0.3 is 6.18 Å². The van der Waals surface area contributed by atoms with Gasteiger partial charge in [-0.15, -0.1) is 0 Å². The number of aromatic nitrogens is 2. The molecule has 0 aliphatic heterocycles. The molecule has 2 N–H and O–H groups in total. The van der Waals surface area contributed by atoms with Crippen LogP contribution in [0.5, 0.6) is 0 Å². The van der Waals surface area contributed by atoms with E-state index in [1.165, 1.54) is 18.5 Å². The molecular formula is C15H14ClF3N4O. The van der Waals surface area contributed by atoms with Gasteiger partial charge in [-0.05, 0) is 24.6 Å². The second kappa shape index (κ2) is 7.48. The van der Waals surface area contributed by atoms with Crippen LogP contribution in [0.2, 0.25) is 5.02 Å². The van der Waals surface area contributed by atoms with Gasteiger partial charge in [0.1, 0.15) is 0 Å². The summed E-state index contributed by atoms with van der Waals surface area (Å²) < 4.78 is 38.5. The van der Waals surface area contributed by atoms with Gasteiger partial charge in [-0.2, -0.15) is 13.2 Å². The number of alkyl halides is 3. The van der Waals surface area contributed by atoms with Crippen molar-refractivity contribution in [3.05, 3.63) is 46.7 Å². The summed E-state index contributed by atoms with van der Waals surface area (Å²) >= 11 is 5.56. The van der Waals surface area contributed by atoms with Crippen molar-refractivity contribution in [2.75, 3.05) is 11.9 Å². The molecule has 0 unspecified atom stereocenters. The molecule has 1 amide bonds. The Bertz CT molecular complexity index is 720. The molecule has 24 heavy (non-hydrogen) atoms. The lowest BCUT2D eigenvalue weighted by molar-refractivity contribution is -0.137. The summed E-state index contributed by atoms with van der Waals surface area (Å²) in [5, 5.41) is 4.92. The highest BCUT2D eigenvalue weighted by molar-refractivity contribution is 6.31. The minimum absolute atomic E-state index is 0.0671. The van der Waals surface area contributed by atoms with Gasteiger partial charge in [0, 0.05) is 24.6 Å². The zero-order valence-corrected chi connectivity index (χ0v) is 13.4. The van der Waals surface area contributed by atoms with Crippen LogP contribution in [0, 0.1) is 0 Å². The van der Waals surface area contributed by atoms with E-state index in [0.717, 1.165) is 18.6 Å². The standard InChI is InChI=1S/C15H14ClF3N4O/c1-2-5-20-13(24)9-7-21-14(22-8-9)23-10-3-4-12(16)11(6-10)15(17,18)19/h3-4,6-8H,2,5H2,1H3,(H,20,24)(H,21,22,23). The molecule has 0 atom stereocenters.